The van der Waals surface area contributed by atoms with E-state index in [4.69, 9.17) is 4.74 Å². The molecule has 1 aliphatic heterocycles. The number of piperidine rings is 1. The van der Waals surface area contributed by atoms with Crippen LogP contribution in [-0.2, 0) is 0 Å². The average Bonchev–Trinajstić information content (AvgIpc) is 2.63. The van der Waals surface area contributed by atoms with E-state index < -0.39 is 0 Å². The summed E-state index contributed by atoms with van der Waals surface area (Å²) in [6.07, 6.45) is 11.6. The van der Waals surface area contributed by atoms with E-state index in [-0.39, 0.29) is 18.2 Å². The molecule has 2 heterocycles. The average molecular weight is 333 g/mol. The van der Waals surface area contributed by atoms with Gasteiger partial charge in [0.15, 0.2) is 5.82 Å². The van der Waals surface area contributed by atoms with Crippen LogP contribution in [0.25, 0.3) is 0 Å². The van der Waals surface area contributed by atoms with E-state index in [2.05, 4.69) is 25.5 Å². The van der Waals surface area contributed by atoms with E-state index in [1.807, 2.05) is 0 Å². The van der Waals surface area contributed by atoms with E-state index in [0.29, 0.717) is 5.88 Å². The molecule has 2 amide bonds. The van der Waals surface area contributed by atoms with Gasteiger partial charge >= 0.3 is 6.03 Å². The van der Waals surface area contributed by atoms with Gasteiger partial charge in [-0.2, -0.15) is 4.98 Å². The molecule has 1 saturated carbocycles. The highest BCUT2D eigenvalue weighted by Crippen LogP contribution is 2.24. The molecule has 7 heteroatoms. The first-order valence-electron chi connectivity index (χ1n) is 8.96. The fourth-order valence-electron chi connectivity index (χ4n) is 3.41. The van der Waals surface area contributed by atoms with Crippen molar-refractivity contribution in [1.82, 2.24) is 20.6 Å². The van der Waals surface area contributed by atoms with Gasteiger partial charge in [-0.25, -0.2) is 4.79 Å². The first-order chi connectivity index (χ1) is 11.7. The Morgan fingerprint density at radius 2 is 1.92 bits per heavy atom. The molecule has 7 nitrogen and oxygen atoms in total. The second-order valence-corrected chi connectivity index (χ2v) is 6.58. The Morgan fingerprint density at radius 1 is 1.17 bits per heavy atom. The molecule has 0 bridgehead atoms. The molecule has 1 saturated heterocycles. The fourth-order valence-corrected chi connectivity index (χ4v) is 3.41. The van der Waals surface area contributed by atoms with Crippen LogP contribution in [0, 0.1) is 0 Å². The SMILES string of the molecule is CNC(=O)NC1CCN(c2cncc(OC3CCCCC3)n2)CC1. The Balaban J connectivity index is 1.53. The summed E-state index contributed by atoms with van der Waals surface area (Å²) in [5, 5.41) is 5.57. The Hall–Kier alpha value is -2.05. The maximum atomic E-state index is 11.4. The van der Waals surface area contributed by atoms with Gasteiger partial charge in [-0.3, -0.25) is 4.98 Å². The van der Waals surface area contributed by atoms with Crippen molar-refractivity contribution in [1.29, 1.82) is 0 Å². The molecular weight excluding hydrogens is 306 g/mol. The molecule has 2 fully saturated rings. The molecule has 0 unspecified atom stereocenters. The smallest absolute Gasteiger partial charge is 0.314 e. The van der Waals surface area contributed by atoms with E-state index >= 15 is 0 Å². The third-order valence-corrected chi connectivity index (χ3v) is 4.82. The molecule has 132 valence electrons. The largest absolute Gasteiger partial charge is 0.473 e. The lowest BCUT2D eigenvalue weighted by molar-refractivity contribution is 0.148. The number of nitrogens with zero attached hydrogens (tertiary/aromatic N) is 3. The van der Waals surface area contributed by atoms with Crippen LogP contribution < -0.4 is 20.3 Å². The monoisotopic (exact) mass is 333 g/mol. The quantitative estimate of drug-likeness (QED) is 0.882. The minimum absolute atomic E-state index is 0.115. The van der Waals surface area contributed by atoms with Crippen LogP contribution in [0.3, 0.4) is 0 Å². The number of hydrogen-bond donors (Lipinski definition) is 2. The highest BCUT2D eigenvalue weighted by atomic mass is 16.5. The summed E-state index contributed by atoms with van der Waals surface area (Å²) in [6.45, 7) is 1.71. The van der Waals surface area contributed by atoms with Gasteiger partial charge in [0.05, 0.1) is 12.4 Å². The van der Waals surface area contributed by atoms with Gasteiger partial charge in [0, 0.05) is 26.2 Å². The van der Waals surface area contributed by atoms with Gasteiger partial charge in [0.25, 0.3) is 0 Å². The van der Waals surface area contributed by atoms with E-state index in [1.165, 1.54) is 19.3 Å². The maximum Gasteiger partial charge on any atom is 0.314 e. The molecule has 0 radical (unpaired) electrons. The minimum Gasteiger partial charge on any atom is -0.473 e. The first kappa shape index (κ1) is 16.8. The summed E-state index contributed by atoms with van der Waals surface area (Å²) in [6, 6.07) is 0.104. The highest BCUT2D eigenvalue weighted by molar-refractivity contribution is 5.73. The third kappa shape index (κ3) is 4.49. The topological polar surface area (TPSA) is 79.4 Å². The lowest BCUT2D eigenvalue weighted by Crippen LogP contribution is -2.47. The Labute approximate surface area is 143 Å². The van der Waals surface area contributed by atoms with Gasteiger partial charge in [0.1, 0.15) is 6.10 Å². The predicted molar refractivity (Wildman–Crippen MR) is 92.4 cm³/mol. The van der Waals surface area contributed by atoms with Crippen molar-refractivity contribution in [2.45, 2.75) is 57.1 Å². The van der Waals surface area contributed by atoms with Crippen LogP contribution in [0.2, 0.25) is 0 Å². The van der Waals surface area contributed by atoms with Gasteiger partial charge in [-0.15, -0.1) is 0 Å². The predicted octanol–water partition coefficient (Wildman–Crippen LogP) is 2.09. The van der Waals surface area contributed by atoms with Crippen LogP contribution in [0.1, 0.15) is 44.9 Å². The van der Waals surface area contributed by atoms with Crippen molar-refractivity contribution in [3.8, 4) is 5.88 Å². The van der Waals surface area contributed by atoms with E-state index in [9.17, 15) is 4.79 Å². The van der Waals surface area contributed by atoms with Crippen LogP contribution in [0.4, 0.5) is 10.6 Å². The summed E-state index contributed by atoms with van der Waals surface area (Å²) in [4.78, 5) is 22.5. The number of anilines is 1. The molecule has 2 N–H and O–H groups in total. The molecule has 1 aromatic rings. The lowest BCUT2D eigenvalue weighted by Gasteiger charge is -2.33. The highest BCUT2D eigenvalue weighted by Gasteiger charge is 2.22. The zero-order valence-electron chi connectivity index (χ0n) is 14.3. The second kappa shape index (κ2) is 8.17. The number of amides is 2. The molecule has 0 aromatic carbocycles. The second-order valence-electron chi connectivity index (χ2n) is 6.58. The molecule has 3 rings (SSSR count). The van der Waals surface area contributed by atoms with Gasteiger partial charge in [-0.05, 0) is 38.5 Å². The summed E-state index contributed by atoms with van der Waals surface area (Å²) >= 11 is 0. The van der Waals surface area contributed by atoms with Crippen molar-refractivity contribution in [2.75, 3.05) is 25.0 Å². The summed E-state index contributed by atoms with van der Waals surface area (Å²) in [7, 11) is 1.64. The molecule has 0 atom stereocenters. The Morgan fingerprint density at radius 3 is 2.62 bits per heavy atom. The van der Waals surface area contributed by atoms with Crippen molar-refractivity contribution in [3.05, 3.63) is 12.4 Å². The number of hydrogen-bond acceptors (Lipinski definition) is 5. The number of aromatic nitrogens is 2. The molecule has 1 aliphatic carbocycles. The van der Waals surface area contributed by atoms with E-state index in [1.54, 1.807) is 19.4 Å². The summed E-state index contributed by atoms with van der Waals surface area (Å²) in [5.41, 5.74) is 0. The number of carbonyl (C=O) groups excluding carboxylic acids is 1. The minimum atomic E-state index is -0.115. The standard InChI is InChI=1S/C17H27N5O2/c1-18-17(23)20-13-7-9-22(10-8-13)15-11-19-12-16(21-15)24-14-5-3-2-4-6-14/h11-14H,2-10H2,1H3,(H2,18,20,23). The van der Waals surface area contributed by atoms with Crippen molar-refractivity contribution >= 4 is 11.8 Å². The maximum absolute atomic E-state index is 11.4. The number of nitrogens with one attached hydrogen (secondary N) is 2. The molecule has 24 heavy (non-hydrogen) atoms. The first-order valence-corrected chi connectivity index (χ1v) is 8.96. The van der Waals surface area contributed by atoms with Crippen LogP contribution in [0.5, 0.6) is 5.88 Å². The van der Waals surface area contributed by atoms with Crippen LogP contribution in [0.15, 0.2) is 12.4 Å². The lowest BCUT2D eigenvalue weighted by atomic mass is 9.98. The van der Waals surface area contributed by atoms with Crippen LogP contribution >= 0.6 is 0 Å². The third-order valence-electron chi connectivity index (χ3n) is 4.82. The van der Waals surface area contributed by atoms with E-state index in [0.717, 1.165) is 44.6 Å². The zero-order chi connectivity index (χ0) is 16.8. The Kier molecular flexibility index (Phi) is 5.72. The van der Waals surface area contributed by atoms with Gasteiger partial charge < -0.3 is 20.3 Å². The zero-order valence-corrected chi connectivity index (χ0v) is 14.3. The van der Waals surface area contributed by atoms with Crippen molar-refractivity contribution in [3.63, 3.8) is 0 Å². The van der Waals surface area contributed by atoms with Crippen molar-refractivity contribution < 1.29 is 9.53 Å². The van der Waals surface area contributed by atoms with Crippen LogP contribution in [-0.4, -0.2) is 48.3 Å². The van der Waals surface area contributed by atoms with Gasteiger partial charge in [0.2, 0.25) is 5.88 Å². The van der Waals surface area contributed by atoms with Gasteiger partial charge in [-0.1, -0.05) is 6.42 Å². The summed E-state index contributed by atoms with van der Waals surface area (Å²) < 4.78 is 6.01. The number of urea groups is 1. The number of carbonyl (C=O) groups is 1. The number of rotatable bonds is 4. The van der Waals surface area contributed by atoms with Crippen molar-refractivity contribution in [2.24, 2.45) is 0 Å². The fraction of sp³-hybridized carbons (Fsp3) is 0.706. The molecule has 1 aromatic heterocycles. The molecule has 0 spiro atoms. The molecular formula is C17H27N5O2. The molecule has 2 aliphatic rings. The Bertz CT molecular complexity index is 540. The number of ether oxygens (including phenoxy) is 1. The normalized spacial score (nSPS) is 19.8. The summed E-state index contributed by atoms with van der Waals surface area (Å²) in [5.74, 6) is 1.49.